The van der Waals surface area contributed by atoms with Crippen molar-refractivity contribution in [3.63, 3.8) is 0 Å². The van der Waals surface area contributed by atoms with Gasteiger partial charge in [0.05, 0.1) is 22.3 Å². The summed E-state index contributed by atoms with van der Waals surface area (Å²) in [4.78, 5) is 55.6. The molecule has 0 N–H and O–H groups in total. The molecule has 2 heterocycles. The minimum absolute atomic E-state index is 0.266. The van der Waals surface area contributed by atoms with Gasteiger partial charge in [-0.25, -0.2) is 19.2 Å². The maximum atomic E-state index is 13.9. The van der Waals surface area contributed by atoms with Crippen LogP contribution in [0.3, 0.4) is 0 Å². The molecule has 10 rings (SSSR count). The molecular formula is C66H58O10. The Balaban J connectivity index is 1.10. The number of esters is 4. The number of carbonyl (C=O) groups excluding carboxylic acids is 4. The third kappa shape index (κ3) is 9.63. The monoisotopic (exact) mass is 1010 g/mol. The fourth-order valence-electron chi connectivity index (χ4n) is 11.6. The third-order valence-corrected chi connectivity index (χ3v) is 14.4. The van der Waals surface area contributed by atoms with Gasteiger partial charge in [0.1, 0.15) is 46.0 Å². The first-order chi connectivity index (χ1) is 36.2. The van der Waals surface area contributed by atoms with Crippen molar-refractivity contribution in [3.05, 3.63) is 233 Å². The van der Waals surface area contributed by atoms with Crippen molar-refractivity contribution in [2.45, 2.75) is 94.9 Å². The van der Waals surface area contributed by atoms with E-state index in [1.165, 1.54) is 0 Å². The summed E-state index contributed by atoms with van der Waals surface area (Å²) in [6.07, 6.45) is 0. The van der Waals surface area contributed by atoms with Gasteiger partial charge in [-0.05, 0) is 152 Å². The van der Waals surface area contributed by atoms with Gasteiger partial charge in [-0.3, -0.25) is 0 Å². The van der Waals surface area contributed by atoms with Gasteiger partial charge >= 0.3 is 23.9 Å². The van der Waals surface area contributed by atoms with E-state index in [0.29, 0.717) is 45.3 Å². The predicted molar refractivity (Wildman–Crippen MR) is 292 cm³/mol. The molecule has 0 saturated heterocycles. The Hall–Kier alpha value is -8.76. The van der Waals surface area contributed by atoms with Crippen LogP contribution in [0.25, 0.3) is 0 Å². The molecule has 0 aliphatic carbocycles. The summed E-state index contributed by atoms with van der Waals surface area (Å²) >= 11 is 0. The quantitative estimate of drug-likeness (QED) is 0.102. The summed E-state index contributed by atoms with van der Waals surface area (Å²) in [6, 6.07) is 37.1. The molecule has 0 atom stereocenters. The largest absolute Gasteiger partial charge is 0.456 e. The van der Waals surface area contributed by atoms with Crippen molar-refractivity contribution < 1.29 is 47.6 Å². The molecule has 0 radical (unpaired) electrons. The van der Waals surface area contributed by atoms with E-state index in [4.69, 9.17) is 28.4 Å². The first kappa shape index (κ1) is 50.8. The lowest BCUT2D eigenvalue weighted by molar-refractivity contribution is 0.0722. The van der Waals surface area contributed by atoms with Crippen molar-refractivity contribution in [2.75, 3.05) is 0 Å². The van der Waals surface area contributed by atoms with Crippen molar-refractivity contribution in [1.29, 1.82) is 0 Å². The lowest BCUT2D eigenvalue weighted by Crippen LogP contribution is -2.22. The number of hydrogen-bond donors (Lipinski definition) is 0. The minimum atomic E-state index is -0.518. The van der Waals surface area contributed by atoms with Crippen LogP contribution in [0, 0.1) is 83.1 Å². The minimum Gasteiger partial charge on any atom is -0.456 e. The number of aryl methyl sites for hydroxylation is 12. The van der Waals surface area contributed by atoms with Crippen LogP contribution in [0.1, 0.15) is 142 Å². The highest BCUT2D eigenvalue weighted by Crippen LogP contribution is 2.59. The van der Waals surface area contributed by atoms with Gasteiger partial charge < -0.3 is 28.4 Å². The van der Waals surface area contributed by atoms with Gasteiger partial charge in [0.25, 0.3) is 0 Å². The highest BCUT2D eigenvalue weighted by atomic mass is 16.6. The summed E-state index contributed by atoms with van der Waals surface area (Å²) in [5, 5.41) is 0. The van der Waals surface area contributed by atoms with E-state index in [2.05, 4.69) is 0 Å². The van der Waals surface area contributed by atoms with Crippen molar-refractivity contribution >= 4 is 23.9 Å². The van der Waals surface area contributed by atoms with Crippen LogP contribution >= 0.6 is 0 Å². The molecule has 382 valence electrons. The predicted octanol–water partition coefficient (Wildman–Crippen LogP) is 15.4. The van der Waals surface area contributed by atoms with Crippen LogP contribution in [-0.2, 0) is 0 Å². The van der Waals surface area contributed by atoms with E-state index >= 15 is 0 Å². The number of fused-ring (bicyclic) bond motifs is 4. The average molecular weight is 1010 g/mol. The number of benzene rings is 8. The Labute approximate surface area is 443 Å². The molecule has 0 saturated carbocycles. The van der Waals surface area contributed by atoms with E-state index < -0.39 is 35.7 Å². The molecule has 10 heteroatoms. The Kier molecular flexibility index (Phi) is 13.2. The molecule has 2 aliphatic heterocycles. The Morgan fingerprint density at radius 1 is 0.289 bits per heavy atom. The molecule has 76 heavy (non-hydrogen) atoms. The maximum Gasteiger partial charge on any atom is 0.344 e. The normalized spacial score (nSPS) is 12.5. The zero-order valence-electron chi connectivity index (χ0n) is 44.8. The van der Waals surface area contributed by atoms with Gasteiger partial charge in [0.2, 0.25) is 0 Å². The summed E-state index contributed by atoms with van der Waals surface area (Å²) in [5.74, 6) is -0.338. The van der Waals surface area contributed by atoms with Crippen molar-refractivity contribution in [3.8, 4) is 46.0 Å². The smallest absolute Gasteiger partial charge is 0.344 e. The van der Waals surface area contributed by atoms with Gasteiger partial charge in [0, 0.05) is 58.4 Å². The van der Waals surface area contributed by atoms with Crippen LogP contribution < -0.4 is 28.4 Å². The summed E-state index contributed by atoms with van der Waals surface area (Å²) in [6.45, 7) is 23.1. The molecular weight excluding hydrogens is 953 g/mol. The number of ether oxygens (including phenoxy) is 6. The molecule has 0 aromatic heterocycles. The second-order valence-corrected chi connectivity index (χ2v) is 20.6. The van der Waals surface area contributed by atoms with Gasteiger partial charge in [0.15, 0.2) is 0 Å². The lowest BCUT2D eigenvalue weighted by Gasteiger charge is -2.38. The van der Waals surface area contributed by atoms with E-state index in [1.54, 1.807) is 48.5 Å². The fourth-order valence-corrected chi connectivity index (χ4v) is 11.6. The second kappa shape index (κ2) is 19.8. The number of rotatable bonds is 9. The van der Waals surface area contributed by atoms with Crippen LogP contribution in [0.5, 0.6) is 46.0 Å². The maximum absolute atomic E-state index is 13.9. The molecule has 10 nitrogen and oxygen atoms in total. The van der Waals surface area contributed by atoms with E-state index in [9.17, 15) is 19.2 Å². The highest BCUT2D eigenvalue weighted by molar-refractivity contribution is 5.96. The van der Waals surface area contributed by atoms with Crippen LogP contribution in [0.4, 0.5) is 0 Å². The fraction of sp³-hybridized carbons (Fsp3) is 0.212. The standard InChI is InChI=1S/C66H58O10/c1-33-21-37(5)57(38(6)22-33)63(67)71-45-13-17-49-53(29-45)75-54-30-46(72-64(68)58-39(7)23-34(2)24-40(58)8)14-18-50(54)61(49)62-51-19-15-47(73-65(69)59-41(9)25-35(3)26-42(59)10)31-55(51)76-56-32-48(16-20-52(56)62)74-66(70)60-43(11)27-36(4)28-44(60)12/h13-32,61-62H,1-12H3. The zero-order chi connectivity index (χ0) is 54.0. The molecule has 8 aromatic rings. The van der Waals surface area contributed by atoms with E-state index in [0.717, 1.165) is 89.0 Å². The summed E-state index contributed by atoms with van der Waals surface area (Å²) in [5.41, 5.74) is 15.6. The topological polar surface area (TPSA) is 124 Å². The Bertz CT molecular complexity index is 3200. The molecule has 0 fully saturated rings. The number of carbonyl (C=O) groups is 4. The van der Waals surface area contributed by atoms with Crippen LogP contribution in [-0.4, -0.2) is 23.9 Å². The molecule has 0 unspecified atom stereocenters. The molecule has 0 spiro atoms. The average Bonchev–Trinajstić information content (AvgIpc) is 3.35. The molecule has 8 aromatic carbocycles. The van der Waals surface area contributed by atoms with E-state index in [-0.39, 0.29) is 23.0 Å². The third-order valence-electron chi connectivity index (χ3n) is 14.4. The Morgan fingerprint density at radius 3 is 0.658 bits per heavy atom. The SMILES string of the molecule is Cc1cc(C)c(C(=O)Oc2ccc3c(c2)Oc2cc(OC(=O)c4c(C)cc(C)cc4C)ccc2C3C2c3ccc(OC(=O)c4c(C)cc(C)cc4C)cc3Oc3cc(OC(=O)c4c(C)cc(C)cc4C)ccc32)c(C)c1. The van der Waals surface area contributed by atoms with Gasteiger partial charge in [-0.2, -0.15) is 0 Å². The first-order valence-corrected chi connectivity index (χ1v) is 25.3. The van der Waals surface area contributed by atoms with Crippen molar-refractivity contribution in [2.24, 2.45) is 0 Å². The second-order valence-electron chi connectivity index (χ2n) is 20.6. The van der Waals surface area contributed by atoms with Gasteiger partial charge in [-0.15, -0.1) is 0 Å². The lowest BCUT2D eigenvalue weighted by atomic mass is 9.71. The van der Waals surface area contributed by atoms with Crippen molar-refractivity contribution in [1.82, 2.24) is 0 Å². The van der Waals surface area contributed by atoms with Crippen LogP contribution in [0.15, 0.2) is 121 Å². The van der Waals surface area contributed by atoms with E-state index in [1.807, 2.05) is 156 Å². The summed E-state index contributed by atoms with van der Waals surface area (Å²) < 4.78 is 38.0. The van der Waals surface area contributed by atoms with Gasteiger partial charge in [-0.1, -0.05) is 95.1 Å². The van der Waals surface area contributed by atoms with Crippen LogP contribution in [0.2, 0.25) is 0 Å². The molecule has 0 bridgehead atoms. The molecule has 2 aliphatic rings. The zero-order valence-corrected chi connectivity index (χ0v) is 44.8. The first-order valence-electron chi connectivity index (χ1n) is 25.3. The number of hydrogen-bond acceptors (Lipinski definition) is 10. The Morgan fingerprint density at radius 2 is 0.474 bits per heavy atom. The molecule has 0 amide bonds. The highest BCUT2D eigenvalue weighted by Gasteiger charge is 2.41. The summed E-state index contributed by atoms with van der Waals surface area (Å²) in [7, 11) is 0.